The molecule has 1 aliphatic rings. The second kappa shape index (κ2) is 5.36. The molecule has 0 saturated heterocycles. The molecule has 0 amide bonds. The van der Waals surface area contributed by atoms with Gasteiger partial charge < -0.3 is 10.4 Å². The van der Waals surface area contributed by atoms with Crippen LogP contribution in [0.15, 0.2) is 6.20 Å². The fraction of sp³-hybridized carbons (Fsp3) is 0.615. The zero-order valence-corrected chi connectivity index (χ0v) is 12.3. The maximum absolute atomic E-state index is 11.3. The van der Waals surface area contributed by atoms with Gasteiger partial charge in [0, 0.05) is 17.2 Å². The van der Waals surface area contributed by atoms with E-state index in [1.807, 2.05) is 25.6 Å². The summed E-state index contributed by atoms with van der Waals surface area (Å²) in [6.07, 6.45) is 6.02. The molecule has 1 fully saturated rings. The first kappa shape index (κ1) is 14.1. The van der Waals surface area contributed by atoms with Crippen molar-refractivity contribution in [2.45, 2.75) is 37.4 Å². The van der Waals surface area contributed by atoms with Crippen molar-refractivity contribution in [1.82, 2.24) is 9.97 Å². The molecule has 1 saturated carbocycles. The highest BCUT2D eigenvalue weighted by Crippen LogP contribution is 2.47. The van der Waals surface area contributed by atoms with Crippen LogP contribution in [0.1, 0.15) is 48.9 Å². The van der Waals surface area contributed by atoms with Gasteiger partial charge in [0.2, 0.25) is 0 Å². The van der Waals surface area contributed by atoms with E-state index in [9.17, 15) is 9.90 Å². The second-order valence-corrected chi connectivity index (χ2v) is 6.47. The first-order valence-electron chi connectivity index (χ1n) is 6.37. The zero-order valence-electron chi connectivity index (χ0n) is 11.4. The van der Waals surface area contributed by atoms with E-state index in [4.69, 9.17) is 0 Å². The number of hydrogen-bond donors (Lipinski definition) is 2. The van der Waals surface area contributed by atoms with Gasteiger partial charge in [-0.1, -0.05) is 13.8 Å². The highest BCUT2D eigenvalue weighted by Gasteiger charge is 2.41. The molecule has 6 heteroatoms. The molecule has 0 bridgehead atoms. The predicted molar refractivity (Wildman–Crippen MR) is 77.1 cm³/mol. The Hall–Kier alpha value is -1.30. The van der Waals surface area contributed by atoms with Gasteiger partial charge >= 0.3 is 5.97 Å². The lowest BCUT2D eigenvalue weighted by Gasteiger charge is -2.15. The lowest BCUT2D eigenvalue weighted by molar-refractivity contribution is 0.0691. The van der Waals surface area contributed by atoms with Gasteiger partial charge in [0.05, 0.1) is 11.9 Å². The highest BCUT2D eigenvalue weighted by atomic mass is 32.2. The molecule has 104 valence electrons. The SMILES string of the molecule is CSC1(CNc2cnc(C(C)C)nc2C(=O)O)CC1. The van der Waals surface area contributed by atoms with E-state index in [0.717, 1.165) is 6.54 Å². The maximum atomic E-state index is 11.3. The Balaban J connectivity index is 2.17. The Bertz CT molecular complexity index is 487. The minimum atomic E-state index is -1.01. The molecule has 1 aliphatic carbocycles. The molecular weight excluding hydrogens is 262 g/mol. The average molecular weight is 281 g/mol. The number of nitrogens with one attached hydrogen (secondary N) is 1. The van der Waals surface area contributed by atoms with Crippen LogP contribution in [-0.2, 0) is 0 Å². The molecule has 19 heavy (non-hydrogen) atoms. The number of anilines is 1. The highest BCUT2D eigenvalue weighted by molar-refractivity contribution is 8.00. The molecule has 0 spiro atoms. The number of aromatic nitrogens is 2. The van der Waals surface area contributed by atoms with E-state index in [0.29, 0.717) is 11.5 Å². The van der Waals surface area contributed by atoms with Gasteiger partial charge in [0.25, 0.3) is 0 Å². The summed E-state index contributed by atoms with van der Waals surface area (Å²) in [6, 6.07) is 0. The number of carboxylic acid groups (broad SMARTS) is 1. The number of aromatic carboxylic acids is 1. The number of carboxylic acids is 1. The second-order valence-electron chi connectivity index (χ2n) is 5.19. The Morgan fingerprint density at radius 1 is 1.58 bits per heavy atom. The quantitative estimate of drug-likeness (QED) is 0.835. The lowest BCUT2D eigenvalue weighted by Crippen LogP contribution is -2.20. The van der Waals surface area contributed by atoms with E-state index >= 15 is 0 Å². The summed E-state index contributed by atoms with van der Waals surface area (Å²) < 4.78 is 0.270. The van der Waals surface area contributed by atoms with Crippen molar-refractivity contribution in [3.63, 3.8) is 0 Å². The molecule has 0 radical (unpaired) electrons. The number of nitrogens with zero attached hydrogens (tertiary/aromatic N) is 2. The molecule has 2 rings (SSSR count). The minimum absolute atomic E-state index is 0.0654. The standard InChI is InChI=1S/C13H19N3O2S/c1-8(2)11-14-6-9(10(16-11)12(17)18)15-7-13(19-3)4-5-13/h6,8,15H,4-5,7H2,1-3H3,(H,17,18). The third-order valence-corrected chi connectivity index (χ3v) is 4.79. The van der Waals surface area contributed by atoms with Crippen molar-refractivity contribution in [3.05, 3.63) is 17.7 Å². The fourth-order valence-corrected chi connectivity index (χ4v) is 2.54. The van der Waals surface area contributed by atoms with Crippen molar-refractivity contribution in [2.75, 3.05) is 18.1 Å². The third-order valence-electron chi connectivity index (χ3n) is 3.37. The van der Waals surface area contributed by atoms with Gasteiger partial charge in [-0.15, -0.1) is 0 Å². The Labute approximate surface area is 117 Å². The molecule has 5 nitrogen and oxygen atoms in total. The number of rotatable bonds is 6. The van der Waals surface area contributed by atoms with Gasteiger partial charge in [-0.3, -0.25) is 0 Å². The summed E-state index contributed by atoms with van der Waals surface area (Å²) in [7, 11) is 0. The zero-order chi connectivity index (χ0) is 14.0. The van der Waals surface area contributed by atoms with E-state index in [-0.39, 0.29) is 16.4 Å². The molecular formula is C13H19N3O2S. The van der Waals surface area contributed by atoms with E-state index in [1.165, 1.54) is 12.8 Å². The van der Waals surface area contributed by atoms with E-state index in [2.05, 4.69) is 21.5 Å². The van der Waals surface area contributed by atoms with Crippen molar-refractivity contribution in [2.24, 2.45) is 0 Å². The predicted octanol–water partition coefficient (Wildman–Crippen LogP) is 2.61. The number of hydrogen-bond acceptors (Lipinski definition) is 5. The average Bonchev–Trinajstić information content (AvgIpc) is 3.16. The van der Waals surface area contributed by atoms with Crippen LogP contribution >= 0.6 is 11.8 Å². The van der Waals surface area contributed by atoms with Crippen LogP contribution in [0.3, 0.4) is 0 Å². The Morgan fingerprint density at radius 3 is 2.74 bits per heavy atom. The van der Waals surface area contributed by atoms with Crippen LogP contribution in [0, 0.1) is 0 Å². The molecule has 0 unspecified atom stereocenters. The topological polar surface area (TPSA) is 75.1 Å². The van der Waals surface area contributed by atoms with Crippen LogP contribution in [0.5, 0.6) is 0 Å². The molecule has 1 heterocycles. The van der Waals surface area contributed by atoms with Crippen LogP contribution in [0.2, 0.25) is 0 Å². The third kappa shape index (κ3) is 3.18. The van der Waals surface area contributed by atoms with E-state index < -0.39 is 5.97 Å². The van der Waals surface area contributed by atoms with Crippen molar-refractivity contribution >= 4 is 23.4 Å². The maximum Gasteiger partial charge on any atom is 0.356 e. The van der Waals surface area contributed by atoms with Crippen LogP contribution in [0.25, 0.3) is 0 Å². The van der Waals surface area contributed by atoms with Gasteiger partial charge in [-0.25, -0.2) is 14.8 Å². The normalized spacial score (nSPS) is 16.4. The van der Waals surface area contributed by atoms with Crippen molar-refractivity contribution in [3.8, 4) is 0 Å². The Kier molecular flexibility index (Phi) is 3.99. The molecule has 1 aromatic rings. The van der Waals surface area contributed by atoms with Crippen LogP contribution in [-0.4, -0.2) is 38.6 Å². The molecule has 0 aliphatic heterocycles. The first-order valence-corrected chi connectivity index (χ1v) is 7.59. The number of carbonyl (C=O) groups is 1. The van der Waals surface area contributed by atoms with Crippen molar-refractivity contribution < 1.29 is 9.90 Å². The number of thioether (sulfide) groups is 1. The fourth-order valence-electron chi connectivity index (χ4n) is 1.81. The Morgan fingerprint density at radius 2 is 2.26 bits per heavy atom. The lowest BCUT2D eigenvalue weighted by atomic mass is 10.2. The first-order chi connectivity index (χ1) is 8.97. The molecule has 2 N–H and O–H groups in total. The summed E-state index contributed by atoms with van der Waals surface area (Å²) in [5.41, 5.74) is 0.577. The van der Waals surface area contributed by atoms with Gasteiger partial charge in [0.15, 0.2) is 5.69 Å². The summed E-state index contributed by atoms with van der Waals surface area (Å²) in [5, 5.41) is 12.4. The summed E-state index contributed by atoms with van der Waals surface area (Å²) in [6.45, 7) is 4.65. The van der Waals surface area contributed by atoms with Crippen molar-refractivity contribution in [1.29, 1.82) is 0 Å². The molecule has 0 aromatic carbocycles. The van der Waals surface area contributed by atoms with Gasteiger partial charge in [-0.2, -0.15) is 11.8 Å². The van der Waals surface area contributed by atoms with Crippen LogP contribution in [0.4, 0.5) is 5.69 Å². The van der Waals surface area contributed by atoms with Gasteiger partial charge in [0.1, 0.15) is 5.82 Å². The summed E-state index contributed by atoms with van der Waals surface area (Å²) in [5.74, 6) is -0.331. The summed E-state index contributed by atoms with van der Waals surface area (Å²) in [4.78, 5) is 19.6. The minimum Gasteiger partial charge on any atom is -0.476 e. The van der Waals surface area contributed by atoms with Gasteiger partial charge in [-0.05, 0) is 19.1 Å². The molecule has 1 aromatic heterocycles. The van der Waals surface area contributed by atoms with Crippen LogP contribution < -0.4 is 5.32 Å². The van der Waals surface area contributed by atoms with E-state index in [1.54, 1.807) is 6.20 Å². The largest absolute Gasteiger partial charge is 0.476 e. The molecule has 0 atom stereocenters. The smallest absolute Gasteiger partial charge is 0.356 e. The monoisotopic (exact) mass is 281 g/mol. The summed E-state index contributed by atoms with van der Waals surface area (Å²) >= 11 is 1.83.